The number of nitrogens with one attached hydrogen (secondary N) is 1. The molecule has 0 saturated heterocycles. The van der Waals surface area contributed by atoms with Gasteiger partial charge in [-0.15, -0.1) is 0 Å². The predicted molar refractivity (Wildman–Crippen MR) is 276 cm³/mol. The molecule has 4 nitrogen and oxygen atoms in total. The number of halogens is 1. The van der Waals surface area contributed by atoms with Crippen molar-refractivity contribution in [2.75, 3.05) is 0 Å². The van der Waals surface area contributed by atoms with E-state index in [4.69, 9.17) is 8.83 Å². The van der Waals surface area contributed by atoms with Gasteiger partial charge in [0.2, 0.25) is 0 Å². The van der Waals surface area contributed by atoms with Crippen LogP contribution in [0.1, 0.15) is 0 Å². The number of benzene rings is 10. The zero-order valence-corrected chi connectivity index (χ0v) is 36.7. The first-order valence-electron chi connectivity index (χ1n) is 21.8. The lowest BCUT2D eigenvalue weighted by Crippen LogP contribution is -1.93. The minimum absolute atomic E-state index is 0.919. The van der Waals surface area contributed by atoms with Crippen molar-refractivity contribution in [1.29, 1.82) is 0 Å². The second-order valence-electron chi connectivity index (χ2n) is 16.3. The van der Waals surface area contributed by atoms with Crippen LogP contribution < -0.4 is 0 Å². The molecule has 5 heteroatoms. The molecule has 0 fully saturated rings. The summed E-state index contributed by atoms with van der Waals surface area (Å²) >= 11 is 3.46. The summed E-state index contributed by atoms with van der Waals surface area (Å²) in [4.78, 5) is 3.46. The molecule has 4 heterocycles. The molecule has 10 aromatic carbocycles. The molecule has 0 aliphatic carbocycles. The van der Waals surface area contributed by atoms with Gasteiger partial charge >= 0.3 is 0 Å². The Labute approximate surface area is 382 Å². The summed E-state index contributed by atoms with van der Waals surface area (Å²) in [6.45, 7) is 0. The van der Waals surface area contributed by atoms with E-state index in [-0.39, 0.29) is 0 Å². The Bertz CT molecular complexity index is 4030. The predicted octanol–water partition coefficient (Wildman–Crippen LogP) is 17.7. The third-order valence-corrected chi connectivity index (χ3v) is 12.8. The van der Waals surface area contributed by atoms with Gasteiger partial charge in [-0.3, -0.25) is 0 Å². The van der Waals surface area contributed by atoms with E-state index in [0.29, 0.717) is 0 Å². The summed E-state index contributed by atoms with van der Waals surface area (Å²) in [5, 5.41) is 9.73. The number of rotatable bonds is 3. The third kappa shape index (κ3) is 7.03. The Morgan fingerprint density at radius 1 is 0.308 bits per heavy atom. The molecule has 0 aliphatic heterocycles. The molecule has 14 aromatic rings. The standard InChI is InChI=1S/C30H19NO.C18H13N.C12H7BrO/c1-2-8-20(9-3-1)21-14-16-28-25(18-21)23-10-4-6-12-27(23)31(28)22-15-17-30-26(19-22)24-11-5-7-13-29(24)32-30;1-2-6-13(7-3-1)14-10-11-18-16(12-14)15-8-4-5-9-17(15)19-18;13-8-5-6-12-10(7-8)9-3-1-2-4-11(9)14-12/h1-19H;1-12,19H;1-7H. The molecule has 1 N–H and O–H groups in total. The van der Waals surface area contributed by atoms with Crippen molar-refractivity contribution in [3.8, 4) is 27.9 Å². The summed E-state index contributed by atoms with van der Waals surface area (Å²) in [7, 11) is 0. The number of aromatic nitrogens is 2. The minimum atomic E-state index is 0.919. The maximum absolute atomic E-state index is 6.06. The maximum atomic E-state index is 6.06. The third-order valence-electron chi connectivity index (χ3n) is 12.4. The highest BCUT2D eigenvalue weighted by atomic mass is 79.9. The molecule has 0 unspecified atom stereocenters. The molecular weight excluding hydrogens is 861 g/mol. The Kier molecular flexibility index (Phi) is 9.62. The van der Waals surface area contributed by atoms with E-state index in [1.165, 1.54) is 71.3 Å². The van der Waals surface area contributed by atoms with Crippen LogP contribution in [-0.4, -0.2) is 9.55 Å². The molecule has 0 amide bonds. The fourth-order valence-electron chi connectivity index (χ4n) is 9.27. The van der Waals surface area contributed by atoms with Crippen molar-refractivity contribution < 1.29 is 8.83 Å². The number of para-hydroxylation sites is 4. The van der Waals surface area contributed by atoms with Gasteiger partial charge in [0.15, 0.2) is 0 Å². The highest BCUT2D eigenvalue weighted by molar-refractivity contribution is 9.10. The molecule has 308 valence electrons. The Hall–Kier alpha value is -8.12. The maximum Gasteiger partial charge on any atom is 0.135 e. The number of hydrogen-bond donors (Lipinski definition) is 1. The average Bonchev–Trinajstić information content (AvgIpc) is 4.13. The van der Waals surface area contributed by atoms with E-state index >= 15 is 0 Å². The molecular formula is C60H39BrN2O2. The molecule has 0 aliphatic rings. The van der Waals surface area contributed by atoms with E-state index in [0.717, 1.165) is 48.7 Å². The normalized spacial score (nSPS) is 11.5. The smallest absolute Gasteiger partial charge is 0.135 e. The average molecular weight is 900 g/mol. The zero-order valence-electron chi connectivity index (χ0n) is 35.1. The molecule has 0 spiro atoms. The van der Waals surface area contributed by atoms with Crippen LogP contribution in [0.15, 0.2) is 244 Å². The van der Waals surface area contributed by atoms with Crippen LogP contribution in [0, 0.1) is 0 Å². The van der Waals surface area contributed by atoms with Crippen molar-refractivity contribution in [3.05, 3.63) is 235 Å². The molecule has 0 radical (unpaired) electrons. The van der Waals surface area contributed by atoms with E-state index in [2.05, 4.69) is 207 Å². The summed E-state index contributed by atoms with van der Waals surface area (Å²) in [5.41, 5.74) is 14.7. The topological polar surface area (TPSA) is 47.0 Å². The van der Waals surface area contributed by atoms with E-state index in [1.807, 2.05) is 48.5 Å². The molecule has 14 rings (SSSR count). The van der Waals surface area contributed by atoms with Crippen LogP contribution in [0.2, 0.25) is 0 Å². The Morgan fingerprint density at radius 3 is 1.49 bits per heavy atom. The highest BCUT2D eigenvalue weighted by Gasteiger charge is 2.15. The molecule has 0 atom stereocenters. The summed E-state index contributed by atoms with van der Waals surface area (Å²) < 4.78 is 15.2. The lowest BCUT2D eigenvalue weighted by atomic mass is 10.0. The lowest BCUT2D eigenvalue weighted by molar-refractivity contribution is 0.668. The molecule has 0 saturated carbocycles. The zero-order chi connectivity index (χ0) is 43.3. The monoisotopic (exact) mass is 898 g/mol. The van der Waals surface area contributed by atoms with Gasteiger partial charge in [-0.05, 0) is 107 Å². The van der Waals surface area contributed by atoms with Crippen LogP contribution >= 0.6 is 15.9 Å². The second kappa shape index (κ2) is 16.2. The van der Waals surface area contributed by atoms with Crippen LogP contribution in [0.3, 0.4) is 0 Å². The van der Waals surface area contributed by atoms with Crippen LogP contribution in [-0.2, 0) is 0 Å². The van der Waals surface area contributed by atoms with Gasteiger partial charge in [0.05, 0.1) is 11.0 Å². The second-order valence-corrected chi connectivity index (χ2v) is 17.2. The van der Waals surface area contributed by atoms with E-state index in [9.17, 15) is 0 Å². The quantitative estimate of drug-likeness (QED) is 0.192. The summed E-state index contributed by atoms with van der Waals surface area (Å²) in [5.74, 6) is 0. The number of fused-ring (bicyclic) bond motifs is 12. The number of furan rings is 2. The van der Waals surface area contributed by atoms with Gasteiger partial charge in [-0.25, -0.2) is 0 Å². The van der Waals surface area contributed by atoms with Crippen molar-refractivity contribution in [2.24, 2.45) is 0 Å². The number of hydrogen-bond acceptors (Lipinski definition) is 2. The number of nitrogens with zero attached hydrogens (tertiary/aromatic N) is 1. The van der Waals surface area contributed by atoms with Gasteiger partial charge in [0.1, 0.15) is 22.3 Å². The van der Waals surface area contributed by atoms with Crippen molar-refractivity contribution >= 4 is 103 Å². The minimum Gasteiger partial charge on any atom is -0.456 e. The van der Waals surface area contributed by atoms with Gasteiger partial charge in [0.25, 0.3) is 0 Å². The van der Waals surface area contributed by atoms with Gasteiger partial charge in [-0.1, -0.05) is 162 Å². The Balaban J connectivity index is 0.000000114. The fraction of sp³-hybridized carbons (Fsp3) is 0. The van der Waals surface area contributed by atoms with Crippen LogP contribution in [0.25, 0.3) is 115 Å². The van der Waals surface area contributed by atoms with Crippen molar-refractivity contribution in [3.63, 3.8) is 0 Å². The van der Waals surface area contributed by atoms with Crippen molar-refractivity contribution in [2.45, 2.75) is 0 Å². The number of aromatic amines is 1. The molecule has 65 heavy (non-hydrogen) atoms. The van der Waals surface area contributed by atoms with Crippen LogP contribution in [0.5, 0.6) is 0 Å². The van der Waals surface area contributed by atoms with Gasteiger partial charge in [0, 0.05) is 64.3 Å². The number of H-pyrrole nitrogens is 1. The van der Waals surface area contributed by atoms with Gasteiger partial charge in [-0.2, -0.15) is 0 Å². The van der Waals surface area contributed by atoms with Crippen molar-refractivity contribution in [1.82, 2.24) is 9.55 Å². The summed E-state index contributed by atoms with van der Waals surface area (Å²) in [6, 6.07) is 80.4. The molecule has 4 aromatic heterocycles. The Morgan fingerprint density at radius 2 is 0.800 bits per heavy atom. The largest absolute Gasteiger partial charge is 0.456 e. The summed E-state index contributed by atoms with van der Waals surface area (Å²) in [6.07, 6.45) is 0. The lowest BCUT2D eigenvalue weighted by Gasteiger charge is -2.08. The van der Waals surface area contributed by atoms with Crippen LogP contribution in [0.4, 0.5) is 0 Å². The molecule has 0 bridgehead atoms. The SMILES string of the molecule is Brc1ccc2oc3ccccc3c2c1.c1ccc(-c2ccc3[nH]c4ccccc4c3c2)cc1.c1ccc(-c2ccc3c(c2)c2ccccc2n3-c2ccc3oc4ccccc4c3c2)cc1. The first kappa shape index (κ1) is 38.5. The fourth-order valence-corrected chi connectivity index (χ4v) is 9.63. The first-order chi connectivity index (χ1) is 32.1. The van der Waals surface area contributed by atoms with E-state index < -0.39 is 0 Å². The van der Waals surface area contributed by atoms with E-state index in [1.54, 1.807) is 0 Å². The van der Waals surface area contributed by atoms with Gasteiger partial charge < -0.3 is 18.4 Å². The highest BCUT2D eigenvalue weighted by Crippen LogP contribution is 2.38. The first-order valence-corrected chi connectivity index (χ1v) is 22.6.